The molecule has 3 fully saturated rings. The molecule has 2 atom stereocenters. The van der Waals surface area contributed by atoms with Crippen LogP contribution < -0.4 is 0 Å². The van der Waals surface area contributed by atoms with Gasteiger partial charge in [0.05, 0.1) is 0 Å². The summed E-state index contributed by atoms with van der Waals surface area (Å²) in [7, 11) is 0. The van der Waals surface area contributed by atoms with Crippen molar-refractivity contribution in [3.05, 3.63) is 11.6 Å². The Morgan fingerprint density at radius 1 is 1.41 bits per heavy atom. The maximum atomic E-state index is 2.69. The van der Waals surface area contributed by atoms with Crippen LogP contribution in [0.1, 0.15) is 52.4 Å². The van der Waals surface area contributed by atoms with Crippen molar-refractivity contribution in [1.82, 2.24) is 0 Å². The van der Waals surface area contributed by atoms with Crippen LogP contribution in [0.3, 0.4) is 0 Å². The van der Waals surface area contributed by atoms with E-state index in [1.165, 1.54) is 25.7 Å². The molecule has 96 valence electrons. The molecule has 0 bridgehead atoms. The molecule has 0 aromatic rings. The molecule has 0 amide bonds. The van der Waals surface area contributed by atoms with E-state index >= 15 is 0 Å². The summed E-state index contributed by atoms with van der Waals surface area (Å²) in [5, 5.41) is 0. The molecule has 0 radical (unpaired) electrons. The Balaban J connectivity index is 1.60. The van der Waals surface area contributed by atoms with E-state index in [0.717, 1.165) is 15.3 Å². The van der Waals surface area contributed by atoms with Crippen LogP contribution in [0.25, 0.3) is 0 Å². The second-order valence-corrected chi connectivity index (χ2v) is 13.6. The predicted molar refractivity (Wildman–Crippen MR) is 83.0 cm³/mol. The van der Waals surface area contributed by atoms with E-state index < -0.39 is 0 Å². The fourth-order valence-electron chi connectivity index (χ4n) is 5.13. The average molecular weight is 344 g/mol. The zero-order valence-corrected chi connectivity index (χ0v) is 13.4. The van der Waals surface area contributed by atoms with Crippen molar-refractivity contribution in [2.45, 2.75) is 55.8 Å². The van der Waals surface area contributed by atoms with Crippen LogP contribution in [0.4, 0.5) is 0 Å². The van der Waals surface area contributed by atoms with E-state index in [1.54, 1.807) is 21.7 Å². The Morgan fingerprint density at radius 2 is 2.24 bits per heavy atom. The number of hydrogen-bond acceptors (Lipinski definition) is 0. The van der Waals surface area contributed by atoms with E-state index in [1.807, 2.05) is 5.57 Å². The third-order valence-corrected chi connectivity index (χ3v) is 14.1. The molecule has 4 aliphatic rings. The molecule has 0 spiro atoms. The summed E-state index contributed by atoms with van der Waals surface area (Å²) < 4.78 is 4.46. The van der Waals surface area contributed by atoms with Gasteiger partial charge in [0.25, 0.3) is 0 Å². The summed E-state index contributed by atoms with van der Waals surface area (Å²) in [6.07, 6.45) is 11.7. The molecular weight excluding hydrogens is 319 g/mol. The van der Waals surface area contributed by atoms with Crippen molar-refractivity contribution in [1.29, 1.82) is 0 Å². The fourth-order valence-corrected chi connectivity index (χ4v) is 13.6. The van der Waals surface area contributed by atoms with E-state index in [2.05, 4.69) is 19.9 Å². The molecule has 1 heteroatoms. The van der Waals surface area contributed by atoms with Gasteiger partial charge in [0.15, 0.2) is 0 Å². The molecule has 1 saturated carbocycles. The summed E-state index contributed by atoms with van der Waals surface area (Å²) in [6, 6.07) is 0. The van der Waals surface area contributed by atoms with Crippen LogP contribution in [0, 0.1) is 17.3 Å². The predicted octanol–water partition coefficient (Wildman–Crippen LogP) is 4.81. The topological polar surface area (TPSA) is 0 Å². The number of hydrogen-bond donors (Lipinski definition) is 0. The van der Waals surface area contributed by atoms with Crippen molar-refractivity contribution in [3.8, 4) is 0 Å². The summed E-state index contributed by atoms with van der Waals surface area (Å²) in [6.45, 7) is 4.90. The normalized spacial score (nSPS) is 53.5. The number of fused-ring (bicyclic) bond motifs is 1. The number of halogens is 1. The van der Waals surface area contributed by atoms with Crippen molar-refractivity contribution >= 4 is 19.8 Å². The Kier molecular flexibility index (Phi) is 2.34. The zero-order chi connectivity index (χ0) is 11.7. The Morgan fingerprint density at radius 3 is 2.71 bits per heavy atom. The molecule has 2 heterocycles. The molecule has 4 rings (SSSR count). The molecule has 17 heavy (non-hydrogen) atoms. The number of rotatable bonds is 3. The minimum absolute atomic E-state index is 0.324. The second kappa shape index (κ2) is 3.52. The van der Waals surface area contributed by atoms with Crippen molar-refractivity contribution in [2.75, 3.05) is 8.86 Å². The Bertz CT molecular complexity index is 373. The summed E-state index contributed by atoms with van der Waals surface area (Å²) in [4.78, 5) is 0. The van der Waals surface area contributed by atoms with Gasteiger partial charge in [0.2, 0.25) is 0 Å². The van der Waals surface area contributed by atoms with Crippen LogP contribution >= 0.6 is 19.8 Å². The van der Waals surface area contributed by atoms with Gasteiger partial charge >= 0.3 is 113 Å². The second-order valence-electron chi connectivity index (χ2n) is 7.00. The van der Waals surface area contributed by atoms with Crippen molar-refractivity contribution in [2.24, 2.45) is 17.3 Å². The molecule has 2 aliphatic carbocycles. The third kappa shape index (κ3) is 1.35. The number of alkyl halides is 3. The van der Waals surface area contributed by atoms with Crippen LogP contribution in [-0.2, 0) is 0 Å². The minimum atomic E-state index is -0.324. The summed E-state index contributed by atoms with van der Waals surface area (Å²) >= 11 is -0.324. The molecular formula is C16H25I. The van der Waals surface area contributed by atoms with Crippen LogP contribution in [-0.4, -0.2) is 12.3 Å². The molecule has 0 N–H and O–H groups in total. The SMILES string of the molecule is CCC1(C2=CCCC2C23CCI2C3)CC(C)C1. The van der Waals surface area contributed by atoms with E-state index in [9.17, 15) is 0 Å². The van der Waals surface area contributed by atoms with Crippen molar-refractivity contribution < 1.29 is 0 Å². The van der Waals surface area contributed by atoms with Gasteiger partial charge in [-0.25, -0.2) is 0 Å². The standard InChI is InChI=1S/C16H25I/c1-3-15(9-12(2)10-15)13-5-4-6-14(13)16-7-8-17(16)11-16/h5,12,14H,3-4,6-11H2,1-2H3. The summed E-state index contributed by atoms with van der Waals surface area (Å²) in [5.41, 5.74) is 2.67. The molecule has 2 saturated heterocycles. The fraction of sp³-hybridized carbons (Fsp3) is 0.875. The first-order valence-corrected chi connectivity index (χ1v) is 11.7. The molecule has 2 aliphatic heterocycles. The van der Waals surface area contributed by atoms with Gasteiger partial charge in [-0.15, -0.1) is 0 Å². The van der Waals surface area contributed by atoms with E-state index in [0.29, 0.717) is 5.41 Å². The monoisotopic (exact) mass is 344 g/mol. The maximum absolute atomic E-state index is 2.69. The molecule has 2 unspecified atom stereocenters. The van der Waals surface area contributed by atoms with Gasteiger partial charge < -0.3 is 0 Å². The average Bonchev–Trinajstić information content (AvgIpc) is 2.69. The quantitative estimate of drug-likeness (QED) is 0.391. The third-order valence-electron chi connectivity index (χ3n) is 6.16. The van der Waals surface area contributed by atoms with Crippen LogP contribution in [0.15, 0.2) is 11.6 Å². The molecule has 0 nitrogen and oxygen atoms in total. The Labute approximate surface area is 113 Å². The summed E-state index contributed by atoms with van der Waals surface area (Å²) in [5.74, 6) is 2.10. The van der Waals surface area contributed by atoms with Crippen LogP contribution in [0.2, 0.25) is 0 Å². The first kappa shape index (κ1) is 11.3. The van der Waals surface area contributed by atoms with Crippen molar-refractivity contribution in [3.63, 3.8) is 0 Å². The first-order valence-electron chi connectivity index (χ1n) is 7.52. The molecule has 0 aromatic carbocycles. The first-order chi connectivity index (χ1) is 8.20. The van der Waals surface area contributed by atoms with Crippen LogP contribution in [0.5, 0.6) is 0 Å². The van der Waals surface area contributed by atoms with E-state index in [4.69, 9.17) is 0 Å². The van der Waals surface area contributed by atoms with Gasteiger partial charge in [0, 0.05) is 0 Å². The zero-order valence-electron chi connectivity index (χ0n) is 11.3. The van der Waals surface area contributed by atoms with Gasteiger partial charge in [-0.2, -0.15) is 0 Å². The van der Waals surface area contributed by atoms with E-state index in [-0.39, 0.29) is 19.8 Å². The van der Waals surface area contributed by atoms with Gasteiger partial charge in [0.1, 0.15) is 0 Å². The van der Waals surface area contributed by atoms with Gasteiger partial charge in [-0.3, -0.25) is 0 Å². The van der Waals surface area contributed by atoms with Gasteiger partial charge in [-0.05, 0) is 0 Å². The van der Waals surface area contributed by atoms with Gasteiger partial charge in [-0.1, -0.05) is 0 Å². The Hall–Kier alpha value is 0.470. The molecule has 0 aromatic heterocycles. The number of allylic oxidation sites excluding steroid dienone is 2.